The van der Waals surface area contributed by atoms with Crippen molar-refractivity contribution < 1.29 is 4.74 Å². The molecule has 0 amide bonds. The number of ether oxygens (including phenoxy) is 1. The predicted octanol–water partition coefficient (Wildman–Crippen LogP) is 4.25. The zero-order valence-corrected chi connectivity index (χ0v) is 11.2. The Hall–Kier alpha value is -0.0500. The van der Waals surface area contributed by atoms with Gasteiger partial charge in [0.2, 0.25) is 0 Å². The summed E-state index contributed by atoms with van der Waals surface area (Å²) in [5.74, 6) is 0.553. The van der Waals surface area contributed by atoms with E-state index < -0.39 is 0 Å². The van der Waals surface area contributed by atoms with Gasteiger partial charge in [0.1, 0.15) is 0 Å². The molecule has 1 atom stereocenters. The van der Waals surface area contributed by atoms with Gasteiger partial charge in [-0.1, -0.05) is 39.7 Å². The van der Waals surface area contributed by atoms with Crippen LogP contribution in [0.1, 0.15) is 24.3 Å². The summed E-state index contributed by atoms with van der Waals surface area (Å²) in [6.07, 6.45) is 2.23. The second-order valence-electron chi connectivity index (χ2n) is 3.54. The maximum atomic E-state index is 5.85. The van der Waals surface area contributed by atoms with Crippen molar-refractivity contribution in [2.45, 2.75) is 18.8 Å². The number of benzene rings is 1. The van der Waals surface area contributed by atoms with Gasteiger partial charge in [-0.15, -0.1) is 0 Å². The molecule has 84 valence electrons. The van der Waals surface area contributed by atoms with Crippen LogP contribution < -0.4 is 0 Å². The highest BCUT2D eigenvalue weighted by Gasteiger charge is 2.09. The molecule has 0 heterocycles. The van der Waals surface area contributed by atoms with Crippen LogP contribution in [0.2, 0.25) is 5.02 Å². The van der Waals surface area contributed by atoms with Crippen LogP contribution in [0.25, 0.3) is 0 Å². The lowest BCUT2D eigenvalue weighted by Gasteiger charge is -2.14. The Bertz CT molecular complexity index is 273. The van der Waals surface area contributed by atoms with Crippen molar-refractivity contribution in [1.82, 2.24) is 0 Å². The predicted molar refractivity (Wildman–Crippen MR) is 69.1 cm³/mol. The fraction of sp³-hybridized carbons (Fsp3) is 0.500. The molecule has 0 radical (unpaired) electrons. The van der Waals surface area contributed by atoms with Crippen molar-refractivity contribution in [1.29, 1.82) is 0 Å². The minimum Gasteiger partial charge on any atom is -0.385 e. The van der Waals surface area contributed by atoms with Crippen LogP contribution in [0.3, 0.4) is 0 Å². The van der Waals surface area contributed by atoms with E-state index in [1.165, 1.54) is 5.56 Å². The maximum absolute atomic E-state index is 5.85. The topological polar surface area (TPSA) is 9.23 Å². The molecule has 1 aromatic rings. The first-order valence-corrected chi connectivity index (χ1v) is 6.58. The monoisotopic (exact) mass is 290 g/mol. The molecular formula is C12H16BrClO. The Morgan fingerprint density at radius 2 is 2.00 bits per heavy atom. The van der Waals surface area contributed by atoms with Crippen molar-refractivity contribution in [3.63, 3.8) is 0 Å². The molecule has 0 aliphatic carbocycles. The number of hydrogen-bond acceptors (Lipinski definition) is 1. The molecule has 0 aromatic heterocycles. The van der Waals surface area contributed by atoms with E-state index in [1.54, 1.807) is 7.11 Å². The fourth-order valence-electron chi connectivity index (χ4n) is 1.54. The number of rotatable bonds is 6. The average molecular weight is 292 g/mol. The molecule has 0 N–H and O–H groups in total. The Kier molecular flexibility index (Phi) is 6.30. The van der Waals surface area contributed by atoms with Crippen molar-refractivity contribution in [3.05, 3.63) is 34.9 Å². The normalized spacial score (nSPS) is 12.7. The summed E-state index contributed by atoms with van der Waals surface area (Å²) >= 11 is 9.40. The van der Waals surface area contributed by atoms with Gasteiger partial charge in [0.15, 0.2) is 0 Å². The van der Waals surface area contributed by atoms with Gasteiger partial charge in [-0.05, 0) is 36.5 Å². The molecule has 1 unspecified atom stereocenters. The first-order valence-electron chi connectivity index (χ1n) is 5.08. The zero-order valence-electron chi connectivity index (χ0n) is 8.88. The molecule has 0 spiro atoms. The molecule has 1 nitrogen and oxygen atoms in total. The highest BCUT2D eigenvalue weighted by Crippen LogP contribution is 2.24. The Morgan fingerprint density at radius 1 is 1.33 bits per heavy atom. The summed E-state index contributed by atoms with van der Waals surface area (Å²) in [7, 11) is 1.74. The zero-order chi connectivity index (χ0) is 11.1. The number of methoxy groups -OCH3 is 1. The fourth-order valence-corrected chi connectivity index (χ4v) is 2.37. The minimum absolute atomic E-state index is 0.553. The first-order chi connectivity index (χ1) is 7.27. The van der Waals surface area contributed by atoms with E-state index in [1.807, 2.05) is 12.1 Å². The molecule has 0 saturated heterocycles. The summed E-state index contributed by atoms with van der Waals surface area (Å²) in [6.45, 7) is 0.830. The lowest BCUT2D eigenvalue weighted by Crippen LogP contribution is -2.02. The van der Waals surface area contributed by atoms with Gasteiger partial charge in [-0.2, -0.15) is 0 Å². The highest BCUT2D eigenvalue weighted by atomic mass is 79.9. The SMILES string of the molecule is COCCCC(CBr)c1ccc(Cl)cc1. The molecule has 3 heteroatoms. The van der Waals surface area contributed by atoms with Crippen LogP contribution in [0.5, 0.6) is 0 Å². The van der Waals surface area contributed by atoms with E-state index in [9.17, 15) is 0 Å². The van der Waals surface area contributed by atoms with Crippen LogP contribution in [0, 0.1) is 0 Å². The second-order valence-corrected chi connectivity index (χ2v) is 4.62. The van der Waals surface area contributed by atoms with Gasteiger partial charge in [-0.3, -0.25) is 0 Å². The van der Waals surface area contributed by atoms with Crippen LogP contribution >= 0.6 is 27.5 Å². The molecule has 0 bridgehead atoms. The van der Waals surface area contributed by atoms with E-state index in [2.05, 4.69) is 28.1 Å². The lowest BCUT2D eigenvalue weighted by molar-refractivity contribution is 0.191. The van der Waals surface area contributed by atoms with E-state index in [-0.39, 0.29) is 0 Å². The maximum Gasteiger partial charge on any atom is 0.0462 e. The van der Waals surface area contributed by atoms with Gasteiger partial charge in [-0.25, -0.2) is 0 Å². The largest absolute Gasteiger partial charge is 0.385 e. The summed E-state index contributed by atoms with van der Waals surface area (Å²) in [5, 5.41) is 1.78. The third kappa shape index (κ3) is 4.54. The molecule has 1 rings (SSSR count). The third-order valence-electron chi connectivity index (χ3n) is 2.43. The number of halogens is 2. The Balaban J connectivity index is 2.53. The van der Waals surface area contributed by atoms with Crippen LogP contribution in [0.4, 0.5) is 0 Å². The van der Waals surface area contributed by atoms with E-state index in [0.29, 0.717) is 5.92 Å². The summed E-state index contributed by atoms with van der Waals surface area (Å²) in [4.78, 5) is 0. The Morgan fingerprint density at radius 3 is 2.53 bits per heavy atom. The molecular weight excluding hydrogens is 275 g/mol. The Labute approximate surface area is 105 Å². The number of alkyl halides is 1. The number of hydrogen-bond donors (Lipinski definition) is 0. The van der Waals surface area contributed by atoms with E-state index in [4.69, 9.17) is 16.3 Å². The lowest BCUT2D eigenvalue weighted by atomic mass is 9.96. The van der Waals surface area contributed by atoms with Gasteiger partial charge in [0.25, 0.3) is 0 Å². The summed E-state index contributed by atoms with van der Waals surface area (Å²) < 4.78 is 5.06. The second kappa shape index (κ2) is 7.26. The van der Waals surface area contributed by atoms with Gasteiger partial charge >= 0.3 is 0 Å². The van der Waals surface area contributed by atoms with E-state index >= 15 is 0 Å². The van der Waals surface area contributed by atoms with Crippen LogP contribution in [0.15, 0.2) is 24.3 Å². The van der Waals surface area contributed by atoms with Gasteiger partial charge in [0, 0.05) is 24.1 Å². The highest BCUT2D eigenvalue weighted by molar-refractivity contribution is 9.09. The van der Waals surface area contributed by atoms with E-state index in [0.717, 1.165) is 29.8 Å². The van der Waals surface area contributed by atoms with Crippen molar-refractivity contribution in [2.24, 2.45) is 0 Å². The van der Waals surface area contributed by atoms with Crippen molar-refractivity contribution in [3.8, 4) is 0 Å². The third-order valence-corrected chi connectivity index (χ3v) is 3.46. The average Bonchev–Trinajstić information content (AvgIpc) is 2.26. The molecule has 0 aliphatic heterocycles. The van der Waals surface area contributed by atoms with Crippen molar-refractivity contribution in [2.75, 3.05) is 19.0 Å². The van der Waals surface area contributed by atoms with Crippen molar-refractivity contribution >= 4 is 27.5 Å². The van der Waals surface area contributed by atoms with Crippen LogP contribution in [-0.2, 0) is 4.74 Å². The smallest absolute Gasteiger partial charge is 0.0462 e. The van der Waals surface area contributed by atoms with Crippen LogP contribution in [-0.4, -0.2) is 19.0 Å². The molecule has 0 aliphatic rings. The van der Waals surface area contributed by atoms with Gasteiger partial charge in [0.05, 0.1) is 0 Å². The molecule has 0 fully saturated rings. The minimum atomic E-state index is 0.553. The standard InChI is InChI=1S/C12H16BrClO/c1-15-8-2-3-11(9-13)10-4-6-12(14)7-5-10/h4-7,11H,2-3,8-9H2,1H3. The quantitative estimate of drug-likeness (QED) is 0.562. The van der Waals surface area contributed by atoms with Gasteiger partial charge < -0.3 is 4.74 Å². The molecule has 0 saturated carbocycles. The molecule has 1 aromatic carbocycles. The summed E-state index contributed by atoms with van der Waals surface area (Å²) in [6, 6.07) is 8.09. The first kappa shape index (κ1) is 13.0. The summed E-state index contributed by atoms with van der Waals surface area (Å²) in [5.41, 5.74) is 1.34. The molecule has 15 heavy (non-hydrogen) atoms.